The van der Waals surface area contributed by atoms with Crippen molar-refractivity contribution in [2.75, 3.05) is 0 Å². The van der Waals surface area contributed by atoms with E-state index in [4.69, 9.17) is 0 Å². The van der Waals surface area contributed by atoms with Crippen molar-refractivity contribution in [2.45, 2.75) is 95.3 Å². The summed E-state index contributed by atoms with van der Waals surface area (Å²) in [6, 6.07) is 0. The summed E-state index contributed by atoms with van der Waals surface area (Å²) in [5.41, 5.74) is 0. The molecular weight excluding hydrogens is 736 g/mol. The van der Waals surface area contributed by atoms with Crippen molar-refractivity contribution in [3.8, 4) is 0 Å². The molecule has 0 saturated heterocycles. The Hall–Kier alpha value is 0.480. The van der Waals surface area contributed by atoms with E-state index in [1.54, 1.807) is 0 Å². The van der Waals surface area contributed by atoms with Crippen molar-refractivity contribution in [3.05, 3.63) is 0 Å². The van der Waals surface area contributed by atoms with E-state index >= 15 is 0 Å². The fourth-order valence-electron chi connectivity index (χ4n) is 3.83. The Kier molecular flexibility index (Phi) is 10.6. The van der Waals surface area contributed by atoms with E-state index in [1.807, 2.05) is 0 Å². The van der Waals surface area contributed by atoms with Gasteiger partial charge < -0.3 is 0 Å². The largest absolute Gasteiger partial charge is 0.459 e. The molecule has 16 heteroatoms. The van der Waals surface area contributed by atoms with Gasteiger partial charge in [-0.3, -0.25) is 0 Å². The molecule has 0 heterocycles. The van der Waals surface area contributed by atoms with Gasteiger partial charge in [-0.25, -0.2) is 0 Å². The summed E-state index contributed by atoms with van der Waals surface area (Å²) < 4.78 is 175. The van der Waals surface area contributed by atoms with Gasteiger partial charge in [-0.1, -0.05) is 70.9 Å². The van der Waals surface area contributed by atoms with Crippen LogP contribution in [0.25, 0.3) is 0 Å². The molecule has 4 atom stereocenters. The minimum absolute atomic E-state index is 0.245. The maximum atomic E-state index is 13.4. The zero-order chi connectivity index (χ0) is 27.0. The van der Waals surface area contributed by atoms with Crippen LogP contribution in [-0.2, 0) is 0 Å². The first-order valence-corrected chi connectivity index (χ1v) is 12.5. The molecule has 0 aliphatic heterocycles. The summed E-state index contributed by atoms with van der Waals surface area (Å²) in [6.45, 7) is 0. The van der Waals surface area contributed by atoms with E-state index in [0.717, 1.165) is 0 Å². The second kappa shape index (κ2) is 11.1. The van der Waals surface area contributed by atoms with Crippen LogP contribution in [0.5, 0.6) is 0 Å². The summed E-state index contributed by atoms with van der Waals surface area (Å²) in [4.78, 5) is 0. The van der Waals surface area contributed by atoms with Crippen LogP contribution in [0.3, 0.4) is 0 Å². The lowest BCUT2D eigenvalue weighted by Gasteiger charge is -2.38. The minimum atomic E-state index is -6.22. The second-order valence-corrected chi connectivity index (χ2v) is 11.4. The van der Waals surface area contributed by atoms with Crippen LogP contribution >= 0.6 is 45.2 Å². The summed E-state index contributed by atoms with van der Waals surface area (Å²) in [6.07, 6.45) is -10.9. The maximum Gasteiger partial charge on any atom is 0.459 e. The maximum absolute atomic E-state index is 13.4. The molecule has 2 fully saturated rings. The number of hydrogen-bond donors (Lipinski definition) is 0. The highest BCUT2D eigenvalue weighted by atomic mass is 127. The molecule has 0 radical (unpaired) electrons. The average Bonchev–Trinajstić information content (AvgIpc) is 2.67. The van der Waals surface area contributed by atoms with E-state index in [0.29, 0.717) is 12.8 Å². The van der Waals surface area contributed by atoms with Crippen LogP contribution in [0.2, 0.25) is 0 Å². The molecular formula is C18H20F14I2. The molecule has 2 rings (SSSR count). The number of hydrogen-bond acceptors (Lipinski definition) is 0. The van der Waals surface area contributed by atoms with Gasteiger partial charge in [-0.15, -0.1) is 0 Å². The SMILES string of the molecule is FC(F)(F)C(F)(F)C(F)(F)C1CCCCC1I.FC(F)(F)C(F)(F)C(F)(F)C1CCCCC1I. The molecule has 0 aromatic rings. The van der Waals surface area contributed by atoms with Crippen molar-refractivity contribution >= 4 is 45.2 Å². The van der Waals surface area contributed by atoms with Crippen molar-refractivity contribution in [1.82, 2.24) is 0 Å². The lowest BCUT2D eigenvalue weighted by molar-refractivity contribution is -0.366. The summed E-state index contributed by atoms with van der Waals surface area (Å²) in [5, 5.41) is 0. The number of rotatable bonds is 4. The third-order valence-electron chi connectivity index (χ3n) is 5.84. The second-order valence-electron chi connectivity index (χ2n) is 8.20. The molecule has 0 N–H and O–H groups in total. The predicted molar refractivity (Wildman–Crippen MR) is 111 cm³/mol. The Labute approximate surface area is 213 Å². The smallest absolute Gasteiger partial charge is 0.199 e. The van der Waals surface area contributed by atoms with Crippen molar-refractivity contribution in [1.29, 1.82) is 0 Å². The van der Waals surface area contributed by atoms with Crippen LogP contribution in [0.1, 0.15) is 51.4 Å². The van der Waals surface area contributed by atoms with Gasteiger partial charge in [0, 0.05) is 19.7 Å². The van der Waals surface area contributed by atoms with Gasteiger partial charge in [-0.05, 0) is 25.7 Å². The quantitative estimate of drug-likeness (QED) is 0.152. The van der Waals surface area contributed by atoms with E-state index in [2.05, 4.69) is 0 Å². The molecule has 34 heavy (non-hydrogen) atoms. The van der Waals surface area contributed by atoms with Gasteiger partial charge in [0.05, 0.1) is 0 Å². The Morgan fingerprint density at radius 3 is 0.853 bits per heavy atom. The van der Waals surface area contributed by atoms with Crippen LogP contribution < -0.4 is 0 Å². The number of halogens is 16. The normalized spacial score (nSPS) is 28.2. The molecule has 0 aromatic carbocycles. The molecule has 2 aliphatic carbocycles. The summed E-state index contributed by atoms with van der Waals surface area (Å²) >= 11 is 3.06. The summed E-state index contributed by atoms with van der Waals surface area (Å²) in [7, 11) is 0. The van der Waals surface area contributed by atoms with Gasteiger partial charge in [0.15, 0.2) is 0 Å². The summed E-state index contributed by atoms with van der Waals surface area (Å²) in [5.74, 6) is -25.9. The van der Waals surface area contributed by atoms with Crippen LogP contribution in [0.4, 0.5) is 61.5 Å². The molecule has 2 aliphatic rings. The Morgan fingerprint density at radius 2 is 0.647 bits per heavy atom. The monoisotopic (exact) mass is 756 g/mol. The van der Waals surface area contributed by atoms with E-state index in [9.17, 15) is 61.5 Å². The van der Waals surface area contributed by atoms with Gasteiger partial charge >= 0.3 is 36.0 Å². The molecule has 0 nitrogen and oxygen atoms in total. The fourth-order valence-corrected chi connectivity index (χ4v) is 6.33. The Morgan fingerprint density at radius 1 is 0.412 bits per heavy atom. The first-order valence-electron chi connectivity index (χ1n) is 9.96. The standard InChI is InChI=1S/2C9H10F7I/c2*10-7(11,8(12,13)9(14,15)16)5-3-1-2-4-6(5)17/h2*5-6H,1-4H2. The van der Waals surface area contributed by atoms with Crippen molar-refractivity contribution < 1.29 is 61.5 Å². The molecule has 0 spiro atoms. The highest BCUT2D eigenvalue weighted by molar-refractivity contribution is 14.1. The first-order chi connectivity index (χ1) is 15.0. The fraction of sp³-hybridized carbons (Fsp3) is 1.00. The molecule has 4 unspecified atom stereocenters. The van der Waals surface area contributed by atoms with Crippen LogP contribution in [0.15, 0.2) is 0 Å². The van der Waals surface area contributed by atoms with Gasteiger partial charge in [0.1, 0.15) is 0 Å². The molecule has 0 amide bonds. The van der Waals surface area contributed by atoms with E-state index in [-0.39, 0.29) is 38.5 Å². The lowest BCUT2D eigenvalue weighted by Crippen LogP contribution is -2.57. The van der Waals surface area contributed by atoms with Gasteiger partial charge in [0.25, 0.3) is 0 Å². The van der Waals surface area contributed by atoms with Crippen LogP contribution in [-0.4, -0.2) is 43.9 Å². The predicted octanol–water partition coefficient (Wildman–Crippen LogP) is 9.63. The minimum Gasteiger partial charge on any atom is -0.199 e. The van der Waals surface area contributed by atoms with E-state index in [1.165, 1.54) is 45.2 Å². The molecule has 204 valence electrons. The third kappa shape index (κ3) is 6.48. The highest BCUT2D eigenvalue weighted by Crippen LogP contribution is 2.55. The molecule has 0 aromatic heterocycles. The highest BCUT2D eigenvalue weighted by Gasteiger charge is 2.76. The van der Waals surface area contributed by atoms with E-state index < -0.39 is 55.7 Å². The number of alkyl halides is 16. The van der Waals surface area contributed by atoms with Crippen LogP contribution in [0, 0.1) is 11.8 Å². The zero-order valence-corrected chi connectivity index (χ0v) is 21.3. The van der Waals surface area contributed by atoms with Crippen molar-refractivity contribution in [3.63, 3.8) is 0 Å². The van der Waals surface area contributed by atoms with Crippen molar-refractivity contribution in [2.24, 2.45) is 11.8 Å². The lowest BCUT2D eigenvalue weighted by atomic mass is 9.82. The Balaban J connectivity index is 0.000000340. The molecule has 0 bridgehead atoms. The first kappa shape index (κ1) is 32.5. The topological polar surface area (TPSA) is 0 Å². The average molecular weight is 756 g/mol. The van der Waals surface area contributed by atoms with Gasteiger partial charge in [0.2, 0.25) is 0 Å². The molecule has 2 saturated carbocycles. The zero-order valence-electron chi connectivity index (χ0n) is 17.0. The third-order valence-corrected chi connectivity index (χ3v) is 8.83. The Bertz CT molecular complexity index is 602. The van der Waals surface area contributed by atoms with Gasteiger partial charge in [-0.2, -0.15) is 61.5 Å².